The van der Waals surface area contributed by atoms with Gasteiger partial charge in [0.25, 0.3) is 0 Å². The Morgan fingerprint density at radius 3 is 2.05 bits per heavy atom. The summed E-state index contributed by atoms with van der Waals surface area (Å²) in [5.74, 6) is 0.998. The van der Waals surface area contributed by atoms with Crippen LogP contribution in [0.5, 0.6) is 11.5 Å². The Labute approximate surface area is 223 Å². The quantitative estimate of drug-likeness (QED) is 0.151. The molecule has 194 valence electrons. The van der Waals surface area contributed by atoms with Crippen LogP contribution in [0.2, 0.25) is 0 Å². The summed E-state index contributed by atoms with van der Waals surface area (Å²) in [5.41, 5.74) is 9.65. The maximum atomic E-state index is 13.5. The maximum absolute atomic E-state index is 13.5. The van der Waals surface area contributed by atoms with Gasteiger partial charge in [-0.25, -0.2) is 0 Å². The Kier molecular flexibility index (Phi) is 8.97. The summed E-state index contributed by atoms with van der Waals surface area (Å²) < 4.78 is 11.9. The Balaban J connectivity index is 1.62. The van der Waals surface area contributed by atoms with Crippen LogP contribution < -0.4 is 25.8 Å². The summed E-state index contributed by atoms with van der Waals surface area (Å²) in [6, 6.07) is 31.5. The van der Waals surface area contributed by atoms with Crippen molar-refractivity contribution in [2.75, 3.05) is 11.9 Å². The van der Waals surface area contributed by atoms with E-state index in [-0.39, 0.29) is 11.7 Å². The van der Waals surface area contributed by atoms with Gasteiger partial charge in [-0.15, -0.1) is 0 Å². The molecule has 4 aromatic carbocycles. The highest BCUT2D eigenvalue weighted by molar-refractivity contribution is 5.95. The average molecular weight is 509 g/mol. The molecule has 7 heteroatoms. The van der Waals surface area contributed by atoms with Crippen molar-refractivity contribution in [2.24, 2.45) is 5.73 Å². The van der Waals surface area contributed by atoms with Crippen LogP contribution in [0.25, 0.3) is 0 Å². The van der Waals surface area contributed by atoms with E-state index in [9.17, 15) is 4.79 Å². The summed E-state index contributed by atoms with van der Waals surface area (Å²) in [7, 11) is 0. The smallest absolute Gasteiger partial charge is 0.247 e. The molecule has 0 aromatic heterocycles. The van der Waals surface area contributed by atoms with Crippen molar-refractivity contribution < 1.29 is 14.3 Å². The van der Waals surface area contributed by atoms with E-state index >= 15 is 0 Å². The summed E-state index contributed by atoms with van der Waals surface area (Å²) in [6.07, 6.45) is 0. The molecule has 0 saturated heterocycles. The van der Waals surface area contributed by atoms with E-state index in [4.69, 9.17) is 20.6 Å². The Hall–Kier alpha value is -4.78. The lowest BCUT2D eigenvalue weighted by molar-refractivity contribution is -0.122. The van der Waals surface area contributed by atoms with E-state index in [0.29, 0.717) is 48.1 Å². The minimum atomic E-state index is -0.735. The molecule has 1 amide bonds. The van der Waals surface area contributed by atoms with Crippen LogP contribution >= 0.6 is 0 Å². The van der Waals surface area contributed by atoms with Crippen LogP contribution in [0.3, 0.4) is 0 Å². The number of nitrogens with one attached hydrogen (secondary N) is 3. The fourth-order valence-electron chi connectivity index (χ4n) is 3.93. The molecule has 4 rings (SSSR count). The fraction of sp³-hybridized carbons (Fsp3) is 0.161. The first kappa shape index (κ1) is 26.3. The Morgan fingerprint density at radius 1 is 0.842 bits per heavy atom. The fourth-order valence-corrected chi connectivity index (χ4v) is 3.93. The number of benzene rings is 4. The minimum absolute atomic E-state index is 0.0154. The van der Waals surface area contributed by atoms with Crippen LogP contribution in [0.15, 0.2) is 103 Å². The lowest BCUT2D eigenvalue weighted by atomic mass is 10.0. The third-order valence-corrected chi connectivity index (χ3v) is 5.87. The lowest BCUT2D eigenvalue weighted by Gasteiger charge is -2.22. The van der Waals surface area contributed by atoms with Crippen LogP contribution in [0, 0.1) is 5.41 Å². The number of amidine groups is 1. The number of rotatable bonds is 12. The van der Waals surface area contributed by atoms with Crippen LogP contribution in [-0.2, 0) is 17.9 Å². The van der Waals surface area contributed by atoms with Crippen LogP contribution in [-0.4, -0.2) is 18.3 Å². The molecule has 1 atom stereocenters. The van der Waals surface area contributed by atoms with Gasteiger partial charge in [-0.2, -0.15) is 0 Å². The molecule has 0 saturated carbocycles. The zero-order valence-corrected chi connectivity index (χ0v) is 21.3. The monoisotopic (exact) mass is 508 g/mol. The van der Waals surface area contributed by atoms with Gasteiger partial charge in [0.2, 0.25) is 5.91 Å². The van der Waals surface area contributed by atoms with Gasteiger partial charge in [0.15, 0.2) is 0 Å². The molecule has 7 nitrogen and oxygen atoms in total. The predicted molar refractivity (Wildman–Crippen MR) is 150 cm³/mol. The van der Waals surface area contributed by atoms with Gasteiger partial charge in [0, 0.05) is 23.9 Å². The van der Waals surface area contributed by atoms with Gasteiger partial charge in [0.1, 0.15) is 30.0 Å². The van der Waals surface area contributed by atoms with Gasteiger partial charge in [-0.05, 0) is 60.0 Å². The van der Waals surface area contributed by atoms with Crippen molar-refractivity contribution >= 4 is 17.4 Å². The Morgan fingerprint density at radius 2 is 1.45 bits per heavy atom. The van der Waals surface area contributed by atoms with Crippen molar-refractivity contribution in [3.05, 3.63) is 125 Å². The number of nitrogens with two attached hydrogens (primary N) is 1. The van der Waals surface area contributed by atoms with Crippen molar-refractivity contribution in [1.82, 2.24) is 5.32 Å². The highest BCUT2D eigenvalue weighted by Gasteiger charge is 2.22. The lowest BCUT2D eigenvalue weighted by Crippen LogP contribution is -2.33. The van der Waals surface area contributed by atoms with Crippen LogP contribution in [0.1, 0.15) is 35.2 Å². The van der Waals surface area contributed by atoms with E-state index in [1.54, 1.807) is 24.3 Å². The molecule has 0 spiro atoms. The van der Waals surface area contributed by atoms with E-state index in [2.05, 4.69) is 10.6 Å². The second-order valence-corrected chi connectivity index (χ2v) is 8.72. The van der Waals surface area contributed by atoms with E-state index in [1.807, 2.05) is 85.8 Å². The first-order valence-electron chi connectivity index (χ1n) is 12.5. The largest absolute Gasteiger partial charge is 0.494 e. The van der Waals surface area contributed by atoms with Crippen molar-refractivity contribution in [3.8, 4) is 11.5 Å². The summed E-state index contributed by atoms with van der Waals surface area (Å²) >= 11 is 0. The van der Waals surface area contributed by atoms with E-state index in [1.165, 1.54) is 0 Å². The van der Waals surface area contributed by atoms with Crippen molar-refractivity contribution in [3.63, 3.8) is 0 Å². The van der Waals surface area contributed by atoms with Crippen molar-refractivity contribution in [1.29, 1.82) is 5.41 Å². The van der Waals surface area contributed by atoms with Gasteiger partial charge < -0.3 is 25.8 Å². The second kappa shape index (κ2) is 13.0. The molecule has 0 bridgehead atoms. The number of carbonyl (C=O) groups is 1. The van der Waals surface area contributed by atoms with Gasteiger partial charge in [-0.1, -0.05) is 60.7 Å². The highest BCUT2D eigenvalue weighted by Crippen LogP contribution is 2.30. The van der Waals surface area contributed by atoms with Gasteiger partial charge in [0.05, 0.1) is 6.61 Å². The standard InChI is InChI=1S/C31H32N4O3/c1-2-37-27-17-25(18-28(19-27)38-21-23-11-7-4-8-12-23)29(31(36)34-20-22-9-5-3-6-10-22)35-26-15-13-24(14-16-26)30(32)33/h3-19,29,35H,2,20-21H2,1H3,(H3,32,33)(H,34,36)/t29-/m1/s1. The van der Waals surface area contributed by atoms with Gasteiger partial charge in [-0.3, -0.25) is 10.2 Å². The number of amides is 1. The molecule has 0 aliphatic heterocycles. The molecule has 0 fully saturated rings. The maximum Gasteiger partial charge on any atom is 0.247 e. The SMILES string of the molecule is CCOc1cc(OCc2ccccc2)cc([C@@H](Nc2ccc(C(=N)N)cc2)C(=O)NCc2ccccc2)c1. The zero-order valence-electron chi connectivity index (χ0n) is 21.3. The number of nitrogen functional groups attached to an aromatic ring is 1. The molecule has 0 unspecified atom stereocenters. The molecule has 0 aliphatic carbocycles. The molecule has 0 radical (unpaired) electrons. The number of ether oxygens (including phenoxy) is 2. The van der Waals surface area contributed by atoms with Crippen molar-refractivity contribution in [2.45, 2.75) is 26.1 Å². The molecule has 4 aromatic rings. The number of hydrogen-bond acceptors (Lipinski definition) is 5. The minimum Gasteiger partial charge on any atom is -0.494 e. The average Bonchev–Trinajstić information content (AvgIpc) is 2.95. The summed E-state index contributed by atoms with van der Waals surface area (Å²) in [5, 5.41) is 14.0. The predicted octanol–water partition coefficient (Wildman–Crippen LogP) is 5.42. The molecule has 38 heavy (non-hydrogen) atoms. The first-order valence-corrected chi connectivity index (χ1v) is 12.5. The molecule has 0 aliphatic rings. The first-order chi connectivity index (χ1) is 18.5. The topological polar surface area (TPSA) is 109 Å². The van der Waals surface area contributed by atoms with E-state index in [0.717, 1.165) is 11.1 Å². The second-order valence-electron chi connectivity index (χ2n) is 8.72. The zero-order chi connectivity index (χ0) is 26.7. The number of hydrogen-bond donors (Lipinski definition) is 4. The molecular formula is C31H32N4O3. The molecule has 0 heterocycles. The Bertz CT molecular complexity index is 1340. The van der Waals surface area contributed by atoms with Gasteiger partial charge >= 0.3 is 0 Å². The molecular weight excluding hydrogens is 476 g/mol. The summed E-state index contributed by atoms with van der Waals surface area (Å²) in [4.78, 5) is 13.5. The highest BCUT2D eigenvalue weighted by atomic mass is 16.5. The third-order valence-electron chi connectivity index (χ3n) is 5.87. The molecule has 5 N–H and O–H groups in total. The summed E-state index contributed by atoms with van der Waals surface area (Å²) in [6.45, 7) is 3.17. The van der Waals surface area contributed by atoms with E-state index < -0.39 is 6.04 Å². The number of anilines is 1. The third kappa shape index (κ3) is 7.36. The number of carbonyl (C=O) groups excluding carboxylic acids is 1. The normalized spacial score (nSPS) is 11.3. The van der Waals surface area contributed by atoms with Crippen LogP contribution in [0.4, 0.5) is 5.69 Å².